The first-order valence-corrected chi connectivity index (χ1v) is 11.0. The molecule has 10 heteroatoms. The fraction of sp³-hybridized carbons (Fsp3) is 0.182. The lowest BCUT2D eigenvalue weighted by atomic mass is 10.1. The van der Waals surface area contributed by atoms with Crippen LogP contribution in [0.2, 0.25) is 5.02 Å². The average Bonchev–Trinajstić information content (AvgIpc) is 2.80. The largest absolute Gasteiger partial charge is 0.503 e. The summed E-state index contributed by atoms with van der Waals surface area (Å²) in [5.74, 6) is -0.344. The van der Waals surface area contributed by atoms with Crippen molar-refractivity contribution in [3.8, 4) is 29.0 Å². The Morgan fingerprint density at radius 3 is 2.69 bits per heavy atom. The van der Waals surface area contributed by atoms with Gasteiger partial charge in [0.25, 0.3) is 0 Å². The zero-order valence-corrected chi connectivity index (χ0v) is 19.0. The number of nitrogens with one attached hydrogen (secondary N) is 1. The van der Waals surface area contributed by atoms with Gasteiger partial charge in [-0.1, -0.05) is 23.7 Å². The van der Waals surface area contributed by atoms with Gasteiger partial charge in [0.1, 0.15) is 16.7 Å². The molecule has 0 aliphatic heterocycles. The van der Waals surface area contributed by atoms with Gasteiger partial charge in [0.05, 0.1) is 30.0 Å². The number of esters is 1. The third-order valence-corrected chi connectivity index (χ3v) is 5.37. The van der Waals surface area contributed by atoms with Crippen molar-refractivity contribution in [3.63, 3.8) is 0 Å². The molecule has 8 nitrogen and oxygen atoms in total. The van der Waals surface area contributed by atoms with Crippen molar-refractivity contribution >= 4 is 40.8 Å². The highest BCUT2D eigenvalue weighted by Gasteiger charge is 2.20. The van der Waals surface area contributed by atoms with Gasteiger partial charge in [0.15, 0.2) is 23.1 Å². The summed E-state index contributed by atoms with van der Waals surface area (Å²) in [6.07, 6.45) is 1.78. The molecule has 2 aromatic carbocycles. The van der Waals surface area contributed by atoms with Crippen LogP contribution < -0.4 is 10.1 Å². The van der Waals surface area contributed by atoms with Crippen LogP contribution in [0.25, 0.3) is 11.4 Å². The quantitative estimate of drug-likeness (QED) is 0.212. The molecular weight excluding hydrogens is 452 g/mol. The van der Waals surface area contributed by atoms with Crippen molar-refractivity contribution in [2.45, 2.75) is 11.9 Å². The minimum absolute atomic E-state index is 0.0574. The van der Waals surface area contributed by atoms with Crippen molar-refractivity contribution < 1.29 is 19.4 Å². The Kier molecular flexibility index (Phi) is 7.41. The summed E-state index contributed by atoms with van der Waals surface area (Å²) in [4.78, 5) is 21.2. The number of benzene rings is 2. The standard InChI is InChI=1S/C22H19ClN4O4S/c1-4-31-22(29)12-9-16(18(28)17(10-12)30-2)25-20-14(11-24)21(32-3)27-19(26-20)13-7-5-6-8-15(13)23/h5-10,28H,4H2,1-3H3,(H,25,26,27). The van der Waals surface area contributed by atoms with Gasteiger partial charge in [-0.2, -0.15) is 5.26 Å². The van der Waals surface area contributed by atoms with Gasteiger partial charge in [0, 0.05) is 5.56 Å². The topological polar surface area (TPSA) is 117 Å². The predicted molar refractivity (Wildman–Crippen MR) is 123 cm³/mol. The number of anilines is 2. The van der Waals surface area contributed by atoms with E-state index in [0.29, 0.717) is 21.4 Å². The van der Waals surface area contributed by atoms with Crippen LogP contribution >= 0.6 is 23.4 Å². The molecule has 1 heterocycles. The zero-order chi connectivity index (χ0) is 23.3. The number of nitriles is 1. The molecule has 0 saturated carbocycles. The first kappa shape index (κ1) is 23.2. The van der Waals surface area contributed by atoms with Crippen LogP contribution in [-0.2, 0) is 4.74 Å². The molecule has 0 saturated heterocycles. The number of aromatic hydroxyl groups is 1. The van der Waals surface area contributed by atoms with Crippen LogP contribution in [0.5, 0.6) is 11.5 Å². The summed E-state index contributed by atoms with van der Waals surface area (Å²) in [5.41, 5.74) is 1.03. The number of carbonyl (C=O) groups is 1. The van der Waals surface area contributed by atoms with Gasteiger partial charge in [0.2, 0.25) is 0 Å². The molecule has 0 bridgehead atoms. The second-order valence-corrected chi connectivity index (χ2v) is 7.49. The number of thioether (sulfide) groups is 1. The number of aromatic nitrogens is 2. The zero-order valence-electron chi connectivity index (χ0n) is 17.5. The van der Waals surface area contributed by atoms with Crippen LogP contribution in [0.1, 0.15) is 22.8 Å². The molecule has 3 rings (SSSR count). The minimum Gasteiger partial charge on any atom is -0.503 e. The number of ether oxygens (including phenoxy) is 2. The summed E-state index contributed by atoms with van der Waals surface area (Å²) >= 11 is 7.58. The lowest BCUT2D eigenvalue weighted by molar-refractivity contribution is 0.0526. The monoisotopic (exact) mass is 470 g/mol. The molecule has 0 spiro atoms. The number of hydrogen-bond acceptors (Lipinski definition) is 9. The molecule has 32 heavy (non-hydrogen) atoms. The highest BCUT2D eigenvalue weighted by atomic mass is 35.5. The van der Waals surface area contributed by atoms with E-state index >= 15 is 0 Å². The Morgan fingerprint density at radius 1 is 1.31 bits per heavy atom. The highest BCUT2D eigenvalue weighted by Crippen LogP contribution is 2.39. The number of halogens is 1. The van der Waals surface area contributed by atoms with Gasteiger partial charge in [-0.3, -0.25) is 0 Å². The number of nitrogens with zero attached hydrogens (tertiary/aromatic N) is 3. The molecule has 164 valence electrons. The van der Waals surface area contributed by atoms with Crippen molar-refractivity contribution in [3.05, 3.63) is 52.5 Å². The number of methoxy groups -OCH3 is 1. The Bertz CT molecular complexity index is 1210. The fourth-order valence-corrected chi connectivity index (χ4v) is 3.61. The van der Waals surface area contributed by atoms with Gasteiger partial charge in [-0.15, -0.1) is 11.8 Å². The van der Waals surface area contributed by atoms with E-state index in [9.17, 15) is 15.2 Å². The van der Waals surface area contributed by atoms with Crippen molar-refractivity contribution in [1.82, 2.24) is 9.97 Å². The van der Waals surface area contributed by atoms with Crippen LogP contribution in [-0.4, -0.2) is 41.0 Å². The minimum atomic E-state index is -0.585. The Morgan fingerprint density at radius 2 is 2.06 bits per heavy atom. The number of carbonyl (C=O) groups excluding carboxylic acids is 1. The van der Waals surface area contributed by atoms with E-state index in [1.54, 1.807) is 37.4 Å². The predicted octanol–water partition coefficient (Wildman–Crippen LogP) is 5.03. The molecule has 0 radical (unpaired) electrons. The number of phenolic OH excluding ortho intramolecular Hbond substituents is 1. The maximum Gasteiger partial charge on any atom is 0.338 e. The van der Waals surface area contributed by atoms with Gasteiger partial charge in [-0.05, 0) is 37.4 Å². The third kappa shape index (κ3) is 4.72. The summed E-state index contributed by atoms with van der Waals surface area (Å²) in [6, 6.07) is 11.9. The van der Waals surface area contributed by atoms with Gasteiger partial charge < -0.3 is 19.9 Å². The smallest absolute Gasteiger partial charge is 0.338 e. The van der Waals surface area contributed by atoms with Gasteiger partial charge >= 0.3 is 5.97 Å². The van der Waals surface area contributed by atoms with E-state index in [4.69, 9.17) is 21.1 Å². The van der Waals surface area contributed by atoms with E-state index in [-0.39, 0.29) is 40.7 Å². The Labute approximate surface area is 194 Å². The number of hydrogen-bond donors (Lipinski definition) is 2. The Balaban J connectivity index is 2.17. The molecule has 3 aromatic rings. The number of phenols is 1. The van der Waals surface area contributed by atoms with E-state index < -0.39 is 5.97 Å². The van der Waals surface area contributed by atoms with E-state index in [1.165, 1.54) is 31.0 Å². The first-order chi connectivity index (χ1) is 15.4. The summed E-state index contributed by atoms with van der Waals surface area (Å²) in [7, 11) is 1.36. The molecule has 0 fully saturated rings. The summed E-state index contributed by atoms with van der Waals surface area (Å²) in [6.45, 7) is 1.88. The van der Waals surface area contributed by atoms with E-state index in [2.05, 4.69) is 21.4 Å². The van der Waals surface area contributed by atoms with Crippen molar-refractivity contribution in [2.75, 3.05) is 25.3 Å². The fourth-order valence-electron chi connectivity index (χ4n) is 2.86. The molecule has 2 N–H and O–H groups in total. The maximum absolute atomic E-state index is 12.2. The van der Waals surface area contributed by atoms with Crippen molar-refractivity contribution in [2.24, 2.45) is 0 Å². The summed E-state index contributed by atoms with van der Waals surface area (Å²) in [5, 5.41) is 24.2. The molecule has 1 aromatic heterocycles. The average molecular weight is 471 g/mol. The van der Waals surface area contributed by atoms with E-state index in [1.807, 2.05) is 0 Å². The first-order valence-electron chi connectivity index (χ1n) is 9.39. The van der Waals surface area contributed by atoms with Crippen LogP contribution in [0.4, 0.5) is 11.5 Å². The van der Waals surface area contributed by atoms with Crippen molar-refractivity contribution in [1.29, 1.82) is 5.26 Å². The lowest BCUT2D eigenvalue weighted by Gasteiger charge is -2.15. The Hall–Kier alpha value is -3.48. The third-order valence-electron chi connectivity index (χ3n) is 4.35. The number of rotatable bonds is 7. The molecule has 0 atom stereocenters. The molecular formula is C22H19ClN4O4S. The summed E-state index contributed by atoms with van der Waals surface area (Å²) < 4.78 is 10.2. The highest BCUT2D eigenvalue weighted by molar-refractivity contribution is 7.98. The normalized spacial score (nSPS) is 10.3. The maximum atomic E-state index is 12.2. The van der Waals surface area contributed by atoms with E-state index in [0.717, 1.165) is 0 Å². The molecule has 0 aliphatic rings. The van der Waals surface area contributed by atoms with Crippen LogP contribution in [0.3, 0.4) is 0 Å². The molecule has 0 unspecified atom stereocenters. The SMILES string of the molecule is CCOC(=O)c1cc(Nc2nc(-c3ccccc3Cl)nc(SC)c2C#N)c(O)c(OC)c1. The van der Waals surface area contributed by atoms with Gasteiger partial charge in [-0.25, -0.2) is 14.8 Å². The molecule has 0 aliphatic carbocycles. The van der Waals surface area contributed by atoms with Crippen LogP contribution in [0, 0.1) is 11.3 Å². The lowest BCUT2D eigenvalue weighted by Crippen LogP contribution is -2.07. The second kappa shape index (κ2) is 10.2. The molecule has 0 amide bonds. The second-order valence-electron chi connectivity index (χ2n) is 6.29. The van der Waals surface area contributed by atoms with Crippen LogP contribution in [0.15, 0.2) is 41.4 Å².